The van der Waals surface area contributed by atoms with Crippen molar-refractivity contribution < 1.29 is 33.3 Å². The molecule has 2 fully saturated rings. The number of primary amides is 2. The second-order valence-electron chi connectivity index (χ2n) is 12.6. The van der Waals surface area contributed by atoms with Crippen LogP contribution in [0.4, 0.5) is 11.6 Å². The molecule has 9 N–H and O–H groups in total. The highest BCUT2D eigenvalue weighted by atomic mass is 16.5. The van der Waals surface area contributed by atoms with E-state index in [9.17, 15) is 14.4 Å². The fourth-order valence-corrected chi connectivity index (χ4v) is 6.25. The van der Waals surface area contributed by atoms with E-state index in [2.05, 4.69) is 45.8 Å². The topological polar surface area (TPSA) is 243 Å². The zero-order valence-electron chi connectivity index (χ0n) is 31.5. The highest BCUT2D eigenvalue weighted by Gasteiger charge is 2.31. The van der Waals surface area contributed by atoms with Gasteiger partial charge in [-0.15, -0.1) is 0 Å². The summed E-state index contributed by atoms with van der Waals surface area (Å²) in [6.07, 6.45) is 2.79. The normalized spacial score (nSPS) is 15.6. The minimum absolute atomic E-state index is 0.0610. The summed E-state index contributed by atoms with van der Waals surface area (Å²) >= 11 is 0. The van der Waals surface area contributed by atoms with Gasteiger partial charge in [0.1, 0.15) is 45.8 Å². The third-order valence-corrected chi connectivity index (χ3v) is 9.12. The molecule has 3 amide bonds. The van der Waals surface area contributed by atoms with Crippen LogP contribution < -0.4 is 47.2 Å². The van der Waals surface area contributed by atoms with Crippen molar-refractivity contribution >= 4 is 29.4 Å². The van der Waals surface area contributed by atoms with Gasteiger partial charge in [0.05, 0.1) is 40.5 Å². The number of anilines is 2. The zero-order valence-corrected chi connectivity index (χ0v) is 31.5. The Labute approximate surface area is 323 Å². The molecular formula is C39H44N10O7. The monoisotopic (exact) mass is 764 g/mol. The maximum Gasteiger partial charge on any atom is 0.255 e. The first kappa shape index (κ1) is 40.1. The van der Waals surface area contributed by atoms with Crippen LogP contribution in [0.15, 0.2) is 49.1 Å². The Morgan fingerprint density at radius 1 is 0.732 bits per heavy atom. The minimum Gasteiger partial charge on any atom is -0.497 e. The lowest BCUT2D eigenvalue weighted by Gasteiger charge is -2.15. The van der Waals surface area contributed by atoms with Crippen LogP contribution in [0.3, 0.4) is 0 Å². The van der Waals surface area contributed by atoms with E-state index in [1.165, 1.54) is 10.8 Å². The number of nitrogens with one attached hydrogen (secondary N) is 1. The molecule has 0 bridgehead atoms. The summed E-state index contributed by atoms with van der Waals surface area (Å²) in [6.45, 7) is 6.08. The lowest BCUT2D eigenvalue weighted by atomic mass is 10.1. The van der Waals surface area contributed by atoms with Crippen LogP contribution in [-0.2, 0) is 4.79 Å². The molecule has 2 aromatic carbocycles. The maximum absolute atomic E-state index is 12.0. The molecule has 292 valence electrons. The van der Waals surface area contributed by atoms with Crippen molar-refractivity contribution in [2.75, 3.05) is 66.1 Å². The van der Waals surface area contributed by atoms with Gasteiger partial charge < -0.3 is 52.1 Å². The van der Waals surface area contributed by atoms with Gasteiger partial charge in [0, 0.05) is 42.9 Å². The standard InChI is InChI=1S/C21H23N5O4.C18H21N5O3/c1-4-18(27)25-8-7-14(12-25)26-20(22)19(21(23)28)17(24-26)6-5-13-9-15(29-2)11-16(10-13)30-3;1-25-13-7-11(8-14(9-13)26-2)3-4-15-16(18(20)24)17(19)23(22-15)12-5-6-21-10-12/h4,9-11,14H,1,7-8,12,22H2,2-3H3,(H2,23,28);7-9,12,21H,5-6,10,19H2,1-2H3,(H2,20,24)/t14-;12-/m00/s1. The Morgan fingerprint density at radius 2 is 1.18 bits per heavy atom. The molecule has 2 aromatic heterocycles. The Morgan fingerprint density at radius 3 is 1.55 bits per heavy atom. The molecule has 0 aliphatic carbocycles. The summed E-state index contributed by atoms with van der Waals surface area (Å²) in [4.78, 5) is 37.4. The van der Waals surface area contributed by atoms with Gasteiger partial charge in [0.15, 0.2) is 11.4 Å². The molecule has 4 aromatic rings. The van der Waals surface area contributed by atoms with Crippen molar-refractivity contribution in [3.8, 4) is 46.7 Å². The number of nitrogens with zero attached hydrogens (tertiary/aromatic N) is 5. The van der Waals surface area contributed by atoms with Crippen LogP contribution in [0.2, 0.25) is 0 Å². The molecule has 56 heavy (non-hydrogen) atoms. The molecule has 0 radical (unpaired) electrons. The molecule has 4 heterocycles. The molecule has 17 heteroatoms. The minimum atomic E-state index is -0.719. The van der Waals surface area contributed by atoms with Crippen molar-refractivity contribution in [1.82, 2.24) is 29.8 Å². The van der Waals surface area contributed by atoms with E-state index in [4.69, 9.17) is 41.9 Å². The summed E-state index contributed by atoms with van der Waals surface area (Å²) in [5.41, 5.74) is 25.2. The van der Waals surface area contributed by atoms with Crippen molar-refractivity contribution in [2.45, 2.75) is 24.9 Å². The largest absolute Gasteiger partial charge is 0.497 e. The lowest BCUT2D eigenvalue weighted by molar-refractivity contribution is -0.125. The number of amides is 3. The highest BCUT2D eigenvalue weighted by Crippen LogP contribution is 2.29. The molecule has 0 spiro atoms. The van der Waals surface area contributed by atoms with Gasteiger partial charge >= 0.3 is 0 Å². The molecule has 2 saturated heterocycles. The fourth-order valence-electron chi connectivity index (χ4n) is 6.25. The fraction of sp³-hybridized carbons (Fsp3) is 0.308. The first-order valence-corrected chi connectivity index (χ1v) is 17.4. The Balaban J connectivity index is 0.000000216. The first-order valence-electron chi connectivity index (χ1n) is 17.4. The third-order valence-electron chi connectivity index (χ3n) is 9.12. The van der Waals surface area contributed by atoms with Crippen LogP contribution in [0, 0.1) is 23.7 Å². The van der Waals surface area contributed by atoms with Crippen LogP contribution in [0.5, 0.6) is 23.0 Å². The predicted octanol–water partition coefficient (Wildman–Crippen LogP) is 1.46. The number of nitrogens with two attached hydrogens (primary N) is 4. The van der Waals surface area contributed by atoms with Gasteiger partial charge in [0.25, 0.3) is 11.8 Å². The number of hydrogen-bond donors (Lipinski definition) is 5. The first-order chi connectivity index (χ1) is 26.9. The van der Waals surface area contributed by atoms with E-state index in [1.807, 2.05) is 0 Å². The number of carbonyl (C=O) groups is 3. The van der Waals surface area contributed by atoms with Gasteiger partial charge in [-0.3, -0.25) is 14.4 Å². The summed E-state index contributed by atoms with van der Waals surface area (Å²) in [5, 5.41) is 12.1. The number of aromatic nitrogens is 4. The van der Waals surface area contributed by atoms with E-state index < -0.39 is 11.8 Å². The zero-order chi connectivity index (χ0) is 40.5. The van der Waals surface area contributed by atoms with Gasteiger partial charge in [-0.2, -0.15) is 10.2 Å². The predicted molar refractivity (Wildman–Crippen MR) is 208 cm³/mol. The number of likely N-dealkylation sites (tertiary alicyclic amines) is 1. The summed E-state index contributed by atoms with van der Waals surface area (Å²) < 4.78 is 24.1. The highest BCUT2D eigenvalue weighted by molar-refractivity contribution is 6.00. The molecule has 6 rings (SSSR count). The van der Waals surface area contributed by atoms with Crippen molar-refractivity contribution in [3.05, 3.63) is 82.7 Å². The number of hydrogen-bond acceptors (Lipinski definition) is 12. The van der Waals surface area contributed by atoms with Crippen molar-refractivity contribution in [2.24, 2.45) is 11.5 Å². The van der Waals surface area contributed by atoms with Gasteiger partial charge in [-0.25, -0.2) is 9.36 Å². The Bertz CT molecular complexity index is 2220. The second kappa shape index (κ2) is 17.8. The average molecular weight is 765 g/mol. The van der Waals surface area contributed by atoms with Crippen molar-refractivity contribution in [1.29, 1.82) is 0 Å². The van der Waals surface area contributed by atoms with Gasteiger partial charge in [-0.05, 0) is 61.6 Å². The Kier molecular flexibility index (Phi) is 12.7. The van der Waals surface area contributed by atoms with Crippen LogP contribution in [-0.4, -0.2) is 96.8 Å². The van der Waals surface area contributed by atoms with E-state index in [0.717, 1.165) is 19.5 Å². The maximum atomic E-state index is 12.0. The second-order valence-corrected chi connectivity index (χ2v) is 12.6. The van der Waals surface area contributed by atoms with Crippen molar-refractivity contribution in [3.63, 3.8) is 0 Å². The number of ether oxygens (including phenoxy) is 4. The summed E-state index contributed by atoms with van der Waals surface area (Å²) in [6, 6.07) is 10.4. The lowest BCUT2D eigenvalue weighted by Crippen LogP contribution is -2.27. The van der Waals surface area contributed by atoms with E-state index in [1.54, 1.807) is 74.4 Å². The third kappa shape index (κ3) is 8.98. The number of carbonyl (C=O) groups excluding carboxylic acids is 3. The summed E-state index contributed by atoms with van der Waals surface area (Å²) in [7, 11) is 6.22. The van der Waals surface area contributed by atoms with E-state index in [0.29, 0.717) is 53.6 Å². The number of nitrogen functional groups attached to an aromatic ring is 2. The van der Waals surface area contributed by atoms with Gasteiger partial charge in [-0.1, -0.05) is 18.4 Å². The number of benzene rings is 2. The van der Waals surface area contributed by atoms with Crippen LogP contribution in [0.25, 0.3) is 0 Å². The van der Waals surface area contributed by atoms with E-state index >= 15 is 0 Å². The van der Waals surface area contributed by atoms with Crippen LogP contribution >= 0.6 is 0 Å². The SMILES string of the molecule is C=CC(=O)N1CC[C@H](n2nc(C#Cc3cc(OC)cc(OC)c3)c(C(N)=O)c2N)C1.COc1cc(C#Cc2nn([C@H]3CCNC3)c(N)c2C(N)=O)cc(OC)c1. The molecular weight excluding hydrogens is 720 g/mol. The smallest absolute Gasteiger partial charge is 0.255 e. The molecule has 2 aliphatic rings. The molecule has 2 aliphatic heterocycles. The van der Waals surface area contributed by atoms with E-state index in [-0.39, 0.29) is 52.1 Å². The quantitative estimate of drug-likeness (QED) is 0.120. The Hall–Kier alpha value is -7.11. The number of methoxy groups -OCH3 is 4. The molecule has 0 saturated carbocycles. The molecule has 0 unspecified atom stereocenters. The summed E-state index contributed by atoms with van der Waals surface area (Å²) in [5.74, 6) is 12.9. The molecule has 17 nitrogen and oxygen atoms in total. The number of rotatable bonds is 9. The average Bonchev–Trinajstić information content (AvgIpc) is 4.02. The molecule has 2 atom stereocenters. The van der Waals surface area contributed by atoms with Crippen LogP contribution in [0.1, 0.15) is 68.2 Å². The van der Waals surface area contributed by atoms with Gasteiger partial charge in [0.2, 0.25) is 5.91 Å².